The lowest BCUT2D eigenvalue weighted by molar-refractivity contribution is -0.136. The molecule has 0 aliphatic carbocycles. The third kappa shape index (κ3) is 4.79. The van der Waals surface area contributed by atoms with Gasteiger partial charge in [-0.15, -0.1) is 15.0 Å². The lowest BCUT2D eigenvalue weighted by atomic mass is 9.84. The van der Waals surface area contributed by atoms with E-state index in [0.717, 1.165) is 5.56 Å². The highest BCUT2D eigenvalue weighted by Gasteiger charge is 2.29. The molecule has 8 nitrogen and oxygen atoms in total. The molecule has 0 aliphatic heterocycles. The summed E-state index contributed by atoms with van der Waals surface area (Å²) in [4.78, 5) is 12.8. The van der Waals surface area contributed by atoms with Crippen LogP contribution in [0.5, 0.6) is 5.75 Å². The Labute approximate surface area is 197 Å². The summed E-state index contributed by atoms with van der Waals surface area (Å²) in [5.41, 5.74) is 2.81. The maximum atomic E-state index is 13.2. The third-order valence-electron chi connectivity index (χ3n) is 5.30. The molecule has 0 amide bonds. The fourth-order valence-corrected chi connectivity index (χ4v) is 4.53. The van der Waals surface area contributed by atoms with Crippen LogP contribution in [0.1, 0.15) is 37.5 Å². The molecule has 1 aromatic heterocycles. The Morgan fingerprint density at radius 1 is 1.00 bits per heavy atom. The van der Waals surface area contributed by atoms with Gasteiger partial charge in [0, 0.05) is 5.56 Å². The van der Waals surface area contributed by atoms with Crippen LogP contribution in [0.2, 0.25) is 0 Å². The molecule has 9 heteroatoms. The molecule has 0 radical (unpaired) electrons. The first-order valence-electron chi connectivity index (χ1n) is 10.7. The minimum Gasteiger partial charge on any atom is -0.481 e. The largest absolute Gasteiger partial charge is 0.481 e. The van der Waals surface area contributed by atoms with Crippen LogP contribution < -0.4 is 4.18 Å². The zero-order valence-corrected chi connectivity index (χ0v) is 20.1. The van der Waals surface area contributed by atoms with E-state index in [1.165, 1.54) is 16.9 Å². The van der Waals surface area contributed by atoms with Crippen molar-refractivity contribution in [2.45, 2.75) is 44.4 Å². The normalized spacial score (nSPS) is 12.1. The van der Waals surface area contributed by atoms with E-state index in [4.69, 9.17) is 4.18 Å². The molecule has 1 N–H and O–H groups in total. The Kier molecular flexibility index (Phi) is 5.91. The summed E-state index contributed by atoms with van der Waals surface area (Å²) < 4.78 is 32.2. The van der Waals surface area contributed by atoms with Crippen LogP contribution in [-0.4, -0.2) is 34.5 Å². The number of carboxylic acids is 1. The number of fused-ring (bicyclic) bond motifs is 1. The molecule has 3 aromatic carbocycles. The average molecular weight is 480 g/mol. The van der Waals surface area contributed by atoms with Crippen molar-refractivity contribution in [2.24, 2.45) is 0 Å². The smallest absolute Gasteiger partial charge is 0.339 e. The van der Waals surface area contributed by atoms with E-state index in [1.54, 1.807) is 36.4 Å². The zero-order valence-electron chi connectivity index (χ0n) is 19.3. The van der Waals surface area contributed by atoms with E-state index in [9.17, 15) is 18.3 Å². The number of benzene rings is 3. The highest BCUT2D eigenvalue weighted by Crippen LogP contribution is 2.39. The standard InChI is InChI=1S/C25H25N3O5S/c1-16-9-11-18(12-10-16)34(31,32)33-24-19(25(2,3)4)13-17(15-23(29)30)14-22(24)28-26-20-7-5-6-8-21(20)27-28/h5-14H,15H2,1-4H3,(H,29,30). The number of aryl methyl sites for hydroxylation is 1. The second-order valence-electron chi connectivity index (χ2n) is 9.14. The first-order chi connectivity index (χ1) is 15.9. The number of aliphatic carboxylic acids is 1. The number of nitrogens with zero attached hydrogens (tertiary/aromatic N) is 3. The average Bonchev–Trinajstić information content (AvgIpc) is 3.17. The van der Waals surface area contributed by atoms with E-state index >= 15 is 0 Å². The molecule has 0 aliphatic rings. The number of carboxylic acid groups (broad SMARTS) is 1. The summed E-state index contributed by atoms with van der Waals surface area (Å²) >= 11 is 0. The fraction of sp³-hybridized carbons (Fsp3) is 0.240. The molecular weight excluding hydrogens is 454 g/mol. The molecule has 34 heavy (non-hydrogen) atoms. The van der Waals surface area contributed by atoms with Crippen LogP contribution in [0.4, 0.5) is 0 Å². The fourth-order valence-electron chi connectivity index (χ4n) is 3.57. The van der Waals surface area contributed by atoms with E-state index < -0.39 is 21.5 Å². The molecule has 0 saturated carbocycles. The number of rotatable bonds is 6. The second-order valence-corrected chi connectivity index (χ2v) is 10.7. The third-order valence-corrected chi connectivity index (χ3v) is 6.53. The van der Waals surface area contributed by atoms with Crippen molar-refractivity contribution in [3.63, 3.8) is 0 Å². The van der Waals surface area contributed by atoms with Gasteiger partial charge < -0.3 is 9.29 Å². The van der Waals surface area contributed by atoms with Gasteiger partial charge in [-0.2, -0.15) is 8.42 Å². The molecule has 1 heterocycles. The van der Waals surface area contributed by atoms with Gasteiger partial charge in [0.25, 0.3) is 0 Å². The molecule has 0 saturated heterocycles. The summed E-state index contributed by atoms with van der Waals surface area (Å²) in [7, 11) is -4.19. The summed E-state index contributed by atoms with van der Waals surface area (Å²) in [5, 5.41) is 18.4. The Morgan fingerprint density at radius 2 is 1.59 bits per heavy atom. The van der Waals surface area contributed by atoms with Crippen molar-refractivity contribution in [3.8, 4) is 11.4 Å². The van der Waals surface area contributed by atoms with Gasteiger partial charge in [0.05, 0.1) is 6.42 Å². The van der Waals surface area contributed by atoms with Gasteiger partial charge in [-0.25, -0.2) is 0 Å². The molecule has 0 spiro atoms. The first kappa shape index (κ1) is 23.4. The summed E-state index contributed by atoms with van der Waals surface area (Å²) in [5.74, 6) is -0.951. The topological polar surface area (TPSA) is 111 Å². The summed E-state index contributed by atoms with van der Waals surface area (Å²) in [6, 6.07) is 16.8. The Balaban J connectivity index is 1.97. The molecule has 0 bridgehead atoms. The van der Waals surface area contributed by atoms with E-state index in [0.29, 0.717) is 22.2 Å². The SMILES string of the molecule is Cc1ccc(S(=O)(=O)Oc2c(-n3nc4ccccc4n3)cc(CC(=O)O)cc2C(C)(C)C)cc1. The predicted molar refractivity (Wildman–Crippen MR) is 128 cm³/mol. The van der Waals surface area contributed by atoms with Gasteiger partial charge in [-0.05, 0) is 48.2 Å². The van der Waals surface area contributed by atoms with E-state index in [-0.39, 0.29) is 22.8 Å². The minimum atomic E-state index is -4.19. The van der Waals surface area contributed by atoms with Gasteiger partial charge in [0.2, 0.25) is 0 Å². The van der Waals surface area contributed by atoms with E-state index in [2.05, 4.69) is 10.2 Å². The molecule has 0 atom stereocenters. The summed E-state index contributed by atoms with van der Waals surface area (Å²) in [6.45, 7) is 7.56. The van der Waals surface area contributed by atoms with Crippen LogP contribution in [0.25, 0.3) is 16.7 Å². The van der Waals surface area contributed by atoms with Crippen molar-refractivity contribution in [1.29, 1.82) is 0 Å². The number of carbonyl (C=O) groups is 1. The Morgan fingerprint density at radius 3 is 2.12 bits per heavy atom. The molecular formula is C25H25N3O5S. The number of aromatic nitrogens is 3. The number of hydrogen-bond donors (Lipinski definition) is 1. The second kappa shape index (κ2) is 8.57. The minimum absolute atomic E-state index is 0.0112. The molecule has 0 fully saturated rings. The van der Waals surface area contributed by atoms with Crippen molar-refractivity contribution in [2.75, 3.05) is 0 Å². The first-order valence-corrected chi connectivity index (χ1v) is 12.1. The van der Waals surface area contributed by atoms with Crippen LogP contribution >= 0.6 is 0 Å². The lowest BCUT2D eigenvalue weighted by Gasteiger charge is -2.25. The van der Waals surface area contributed by atoms with Crippen LogP contribution in [0, 0.1) is 6.92 Å². The van der Waals surface area contributed by atoms with E-state index in [1.807, 2.05) is 39.8 Å². The molecule has 4 rings (SSSR count). The Hall–Kier alpha value is -3.72. The van der Waals surface area contributed by atoms with Gasteiger partial charge >= 0.3 is 16.1 Å². The maximum Gasteiger partial charge on any atom is 0.339 e. The van der Waals surface area contributed by atoms with Gasteiger partial charge in [-0.1, -0.05) is 56.7 Å². The highest BCUT2D eigenvalue weighted by molar-refractivity contribution is 7.87. The maximum absolute atomic E-state index is 13.2. The lowest BCUT2D eigenvalue weighted by Crippen LogP contribution is -2.20. The van der Waals surface area contributed by atoms with Crippen LogP contribution in [0.3, 0.4) is 0 Å². The predicted octanol–water partition coefficient (Wildman–Crippen LogP) is 4.42. The Bertz CT molecular complexity index is 1450. The van der Waals surface area contributed by atoms with Crippen molar-refractivity contribution in [1.82, 2.24) is 15.0 Å². The van der Waals surface area contributed by atoms with Gasteiger partial charge in [-0.3, -0.25) is 4.79 Å². The van der Waals surface area contributed by atoms with Crippen molar-refractivity contribution < 1.29 is 22.5 Å². The van der Waals surface area contributed by atoms with Crippen molar-refractivity contribution in [3.05, 3.63) is 77.4 Å². The van der Waals surface area contributed by atoms with Crippen LogP contribution in [-0.2, 0) is 26.7 Å². The quantitative estimate of drug-likeness (QED) is 0.407. The monoisotopic (exact) mass is 479 g/mol. The van der Waals surface area contributed by atoms with Crippen molar-refractivity contribution >= 4 is 27.1 Å². The van der Waals surface area contributed by atoms with Gasteiger partial charge in [0.15, 0.2) is 5.75 Å². The number of hydrogen-bond acceptors (Lipinski definition) is 6. The molecule has 176 valence electrons. The summed E-state index contributed by atoms with van der Waals surface area (Å²) in [6.07, 6.45) is -0.248. The van der Waals surface area contributed by atoms with Crippen LogP contribution in [0.15, 0.2) is 65.6 Å². The highest BCUT2D eigenvalue weighted by atomic mass is 32.2. The molecule has 4 aromatic rings. The molecule has 0 unspecified atom stereocenters. The van der Waals surface area contributed by atoms with Gasteiger partial charge in [0.1, 0.15) is 21.6 Å². The zero-order chi connectivity index (χ0) is 24.7.